The van der Waals surface area contributed by atoms with Crippen LogP contribution in [0.1, 0.15) is 30.4 Å². The minimum Gasteiger partial charge on any atom is -0.486 e. The van der Waals surface area contributed by atoms with Crippen LogP contribution in [-0.2, 0) is 18.4 Å². The fraction of sp³-hybridized carbons (Fsp3) is 0.474. The van der Waals surface area contributed by atoms with Gasteiger partial charge in [0, 0.05) is 37.8 Å². The molecule has 1 saturated carbocycles. The smallest absolute Gasteiger partial charge is 0.226 e. The minimum atomic E-state index is 0.0687. The first kappa shape index (κ1) is 16.0. The predicted octanol–water partition coefficient (Wildman–Crippen LogP) is 2.34. The van der Waals surface area contributed by atoms with Crippen molar-refractivity contribution in [1.29, 1.82) is 0 Å². The van der Waals surface area contributed by atoms with Crippen molar-refractivity contribution in [1.82, 2.24) is 14.7 Å². The van der Waals surface area contributed by atoms with E-state index in [2.05, 4.69) is 11.2 Å². The topological polar surface area (TPSA) is 56.6 Å². The van der Waals surface area contributed by atoms with Crippen molar-refractivity contribution in [2.45, 2.75) is 25.8 Å². The van der Waals surface area contributed by atoms with Crippen molar-refractivity contribution in [3.8, 4) is 11.5 Å². The first-order chi connectivity index (χ1) is 12.2. The van der Waals surface area contributed by atoms with Gasteiger partial charge in [-0.1, -0.05) is 6.07 Å². The Morgan fingerprint density at radius 3 is 2.84 bits per heavy atom. The molecule has 0 unspecified atom stereocenters. The van der Waals surface area contributed by atoms with Gasteiger partial charge in [-0.25, -0.2) is 0 Å². The third-order valence-corrected chi connectivity index (χ3v) is 4.93. The van der Waals surface area contributed by atoms with E-state index in [-0.39, 0.29) is 17.7 Å². The van der Waals surface area contributed by atoms with Crippen LogP contribution in [-0.4, -0.2) is 40.3 Å². The van der Waals surface area contributed by atoms with E-state index >= 15 is 0 Å². The summed E-state index contributed by atoms with van der Waals surface area (Å²) in [5.74, 6) is 2.17. The third kappa shape index (κ3) is 3.21. The van der Waals surface area contributed by atoms with Crippen molar-refractivity contribution in [3.05, 3.63) is 41.7 Å². The maximum atomic E-state index is 12.9. The molecule has 132 valence electrons. The second kappa shape index (κ2) is 6.43. The highest BCUT2D eigenvalue weighted by Crippen LogP contribution is 2.50. The molecule has 0 radical (unpaired) electrons. The van der Waals surface area contributed by atoms with Crippen molar-refractivity contribution in [3.63, 3.8) is 0 Å². The van der Waals surface area contributed by atoms with Crippen molar-refractivity contribution in [2.24, 2.45) is 13.0 Å². The number of ether oxygens (including phenoxy) is 2. The molecule has 1 aromatic carbocycles. The molecule has 1 aromatic heterocycles. The number of hydrogen-bond acceptors (Lipinski definition) is 4. The monoisotopic (exact) mass is 341 g/mol. The SMILES string of the molecule is CCN(Cc1cnn(C)c1)C(=O)[C@H]1C[C@H]1c1ccc2c(c1)OCCO2. The average molecular weight is 341 g/mol. The van der Waals surface area contributed by atoms with Crippen LogP contribution in [0.15, 0.2) is 30.6 Å². The minimum absolute atomic E-state index is 0.0687. The van der Waals surface area contributed by atoms with Crippen molar-refractivity contribution < 1.29 is 14.3 Å². The molecule has 0 bridgehead atoms. The lowest BCUT2D eigenvalue weighted by molar-refractivity contribution is -0.133. The Labute approximate surface area is 147 Å². The summed E-state index contributed by atoms with van der Waals surface area (Å²) in [6.07, 6.45) is 4.68. The summed E-state index contributed by atoms with van der Waals surface area (Å²) in [6.45, 7) is 4.52. The normalized spacial score (nSPS) is 21.0. The number of rotatable bonds is 5. The summed E-state index contributed by atoms with van der Waals surface area (Å²) in [5, 5.41) is 4.18. The quantitative estimate of drug-likeness (QED) is 0.838. The van der Waals surface area contributed by atoms with Crippen LogP contribution in [0.2, 0.25) is 0 Å². The van der Waals surface area contributed by atoms with E-state index in [4.69, 9.17) is 9.47 Å². The van der Waals surface area contributed by atoms with Crippen LogP contribution in [0.5, 0.6) is 11.5 Å². The molecule has 1 aliphatic carbocycles. The predicted molar refractivity (Wildman–Crippen MR) is 92.6 cm³/mol. The maximum Gasteiger partial charge on any atom is 0.226 e. The number of carbonyl (C=O) groups excluding carboxylic acids is 1. The molecule has 6 nitrogen and oxygen atoms in total. The highest BCUT2D eigenvalue weighted by molar-refractivity contribution is 5.83. The fourth-order valence-electron chi connectivity index (χ4n) is 3.48. The Morgan fingerprint density at radius 1 is 1.32 bits per heavy atom. The Kier molecular flexibility index (Phi) is 4.11. The largest absolute Gasteiger partial charge is 0.486 e. The van der Waals surface area contributed by atoms with Crippen LogP contribution >= 0.6 is 0 Å². The Morgan fingerprint density at radius 2 is 2.12 bits per heavy atom. The second-order valence-electron chi connectivity index (χ2n) is 6.73. The first-order valence-corrected chi connectivity index (χ1v) is 8.81. The molecule has 0 saturated heterocycles. The van der Waals surface area contributed by atoms with Gasteiger partial charge in [0.1, 0.15) is 13.2 Å². The number of hydrogen-bond donors (Lipinski definition) is 0. The van der Waals surface area contributed by atoms with Crippen LogP contribution in [0, 0.1) is 5.92 Å². The van der Waals surface area contributed by atoms with E-state index in [0.717, 1.165) is 23.5 Å². The van der Waals surface area contributed by atoms with Crippen molar-refractivity contribution >= 4 is 5.91 Å². The molecule has 2 atom stereocenters. The molecule has 0 spiro atoms. The molecule has 2 heterocycles. The number of benzene rings is 1. The van der Waals surface area contributed by atoms with Crippen LogP contribution in [0.4, 0.5) is 0 Å². The zero-order valence-corrected chi connectivity index (χ0v) is 14.6. The summed E-state index contributed by atoms with van der Waals surface area (Å²) in [7, 11) is 1.89. The Hall–Kier alpha value is -2.50. The number of amides is 1. The number of fused-ring (bicyclic) bond motifs is 1. The first-order valence-electron chi connectivity index (χ1n) is 8.81. The van der Waals surface area contributed by atoms with Gasteiger partial charge in [-0.2, -0.15) is 5.10 Å². The van der Waals surface area contributed by atoms with E-state index in [1.807, 2.05) is 43.4 Å². The van der Waals surface area contributed by atoms with Gasteiger partial charge in [-0.15, -0.1) is 0 Å². The molecule has 0 N–H and O–H groups in total. The number of aryl methyl sites for hydroxylation is 1. The zero-order chi connectivity index (χ0) is 17.4. The van der Waals surface area contributed by atoms with E-state index in [0.29, 0.717) is 26.3 Å². The van der Waals surface area contributed by atoms with Gasteiger partial charge in [0.15, 0.2) is 11.5 Å². The third-order valence-electron chi connectivity index (χ3n) is 4.93. The summed E-state index contributed by atoms with van der Waals surface area (Å²) in [4.78, 5) is 14.8. The van der Waals surface area contributed by atoms with E-state index in [1.165, 1.54) is 5.56 Å². The van der Waals surface area contributed by atoms with Gasteiger partial charge in [-0.3, -0.25) is 9.48 Å². The molecule has 2 aliphatic rings. The van der Waals surface area contributed by atoms with E-state index in [9.17, 15) is 4.79 Å². The summed E-state index contributed by atoms with van der Waals surface area (Å²) >= 11 is 0. The van der Waals surface area contributed by atoms with Crippen LogP contribution in [0.25, 0.3) is 0 Å². The average Bonchev–Trinajstić information content (AvgIpc) is 3.34. The highest BCUT2D eigenvalue weighted by Gasteiger charge is 2.45. The second-order valence-corrected chi connectivity index (χ2v) is 6.73. The van der Waals surface area contributed by atoms with Gasteiger partial charge >= 0.3 is 0 Å². The summed E-state index contributed by atoms with van der Waals surface area (Å²) < 4.78 is 13.0. The number of aromatic nitrogens is 2. The highest BCUT2D eigenvalue weighted by atomic mass is 16.6. The lowest BCUT2D eigenvalue weighted by Crippen LogP contribution is -2.31. The molecular weight excluding hydrogens is 318 g/mol. The summed E-state index contributed by atoms with van der Waals surface area (Å²) in [5.41, 5.74) is 2.23. The van der Waals surface area contributed by atoms with Gasteiger partial charge < -0.3 is 14.4 Å². The van der Waals surface area contributed by atoms with E-state index < -0.39 is 0 Å². The van der Waals surface area contributed by atoms with Crippen LogP contribution < -0.4 is 9.47 Å². The van der Waals surface area contributed by atoms with Gasteiger partial charge in [0.25, 0.3) is 0 Å². The maximum absolute atomic E-state index is 12.9. The number of nitrogens with zero attached hydrogens (tertiary/aromatic N) is 3. The standard InChI is InChI=1S/C19H23N3O3/c1-3-22(12-13-10-20-21(2)11-13)19(23)16-9-15(16)14-4-5-17-18(8-14)25-7-6-24-17/h4-5,8,10-11,15-16H,3,6-7,9,12H2,1-2H3/t15-,16-/m0/s1. The van der Waals surface area contributed by atoms with Crippen molar-refractivity contribution in [2.75, 3.05) is 19.8 Å². The summed E-state index contributed by atoms with van der Waals surface area (Å²) in [6, 6.07) is 6.05. The van der Waals surface area contributed by atoms with Crippen LogP contribution in [0.3, 0.4) is 0 Å². The molecule has 1 amide bonds. The van der Waals surface area contributed by atoms with Gasteiger partial charge in [0.2, 0.25) is 5.91 Å². The van der Waals surface area contributed by atoms with E-state index in [1.54, 1.807) is 4.68 Å². The fourth-order valence-corrected chi connectivity index (χ4v) is 3.48. The molecular formula is C19H23N3O3. The lowest BCUT2D eigenvalue weighted by atomic mass is 10.1. The Balaban J connectivity index is 1.43. The zero-order valence-electron chi connectivity index (χ0n) is 14.6. The lowest BCUT2D eigenvalue weighted by Gasteiger charge is -2.21. The number of carbonyl (C=O) groups is 1. The van der Waals surface area contributed by atoms with Gasteiger partial charge in [0.05, 0.1) is 6.20 Å². The molecule has 1 fully saturated rings. The molecule has 25 heavy (non-hydrogen) atoms. The Bertz CT molecular complexity index is 786. The molecule has 1 aliphatic heterocycles. The molecule has 6 heteroatoms. The molecule has 2 aromatic rings. The van der Waals surface area contributed by atoms with Gasteiger partial charge in [-0.05, 0) is 37.0 Å². The molecule has 4 rings (SSSR count).